The number of amides is 1. The van der Waals surface area contributed by atoms with Crippen LogP contribution in [0.3, 0.4) is 0 Å². The molecular formula is C25H23Cl2N3O4. The molecule has 1 N–H and O–H groups in total. The number of rotatable bonds is 1. The van der Waals surface area contributed by atoms with Crippen molar-refractivity contribution < 1.29 is 14.6 Å². The number of nitrogens with zero attached hydrogens (tertiary/aromatic N) is 3. The van der Waals surface area contributed by atoms with E-state index in [1.807, 2.05) is 41.4 Å². The Labute approximate surface area is 207 Å². The fraction of sp³-hybridized carbons (Fsp3) is 0.200. The third-order valence-electron chi connectivity index (χ3n) is 5.74. The van der Waals surface area contributed by atoms with Crippen LogP contribution in [0.15, 0.2) is 71.7 Å². The van der Waals surface area contributed by atoms with Gasteiger partial charge in [-0.3, -0.25) is 19.3 Å². The number of carbonyl (C=O) groups excluding carboxylic acids is 1. The van der Waals surface area contributed by atoms with E-state index in [9.17, 15) is 14.7 Å². The number of hydrogen-bond donors (Lipinski definition) is 1. The van der Waals surface area contributed by atoms with Gasteiger partial charge in [-0.15, -0.1) is 0 Å². The van der Waals surface area contributed by atoms with Gasteiger partial charge in [0.2, 0.25) is 5.43 Å². The molecule has 0 fully saturated rings. The maximum atomic E-state index is 13.2. The van der Waals surface area contributed by atoms with E-state index in [0.29, 0.717) is 10.8 Å². The van der Waals surface area contributed by atoms with E-state index in [0.717, 1.165) is 11.1 Å². The molecule has 1 amide bonds. The first kappa shape index (κ1) is 23.7. The van der Waals surface area contributed by atoms with Crippen molar-refractivity contribution in [1.29, 1.82) is 0 Å². The summed E-state index contributed by atoms with van der Waals surface area (Å²) in [6, 6.07) is 13.9. The smallest absolute Gasteiger partial charge is 0.278 e. The lowest BCUT2D eigenvalue weighted by atomic mass is 9.97. The maximum Gasteiger partial charge on any atom is 0.278 e. The lowest BCUT2D eigenvalue weighted by Crippen LogP contribution is -2.55. The Bertz CT molecular complexity index is 1320. The molecule has 0 spiro atoms. The molecule has 3 heterocycles. The number of carbonyl (C=O) groups is 1. The van der Waals surface area contributed by atoms with E-state index in [4.69, 9.17) is 27.9 Å². The monoisotopic (exact) mass is 499 g/mol. The summed E-state index contributed by atoms with van der Waals surface area (Å²) >= 11 is 12.9. The molecule has 176 valence electrons. The Morgan fingerprint density at radius 3 is 2.53 bits per heavy atom. The minimum absolute atomic E-state index is 0. The Morgan fingerprint density at radius 1 is 1.00 bits per heavy atom. The first-order valence-electron chi connectivity index (χ1n) is 10.3. The van der Waals surface area contributed by atoms with E-state index in [-0.39, 0.29) is 38.0 Å². The molecule has 34 heavy (non-hydrogen) atoms. The molecular weight excluding hydrogens is 477 g/mol. The highest BCUT2D eigenvalue weighted by atomic mass is 35.5. The van der Waals surface area contributed by atoms with E-state index in [2.05, 4.69) is 0 Å². The maximum absolute atomic E-state index is 13.2. The Kier molecular flexibility index (Phi) is 6.59. The molecule has 0 unspecified atom stereocenters. The van der Waals surface area contributed by atoms with E-state index >= 15 is 0 Å². The fourth-order valence-electron chi connectivity index (χ4n) is 4.19. The summed E-state index contributed by atoms with van der Waals surface area (Å²) in [6.07, 6.45) is 5.08. The third-order valence-corrected chi connectivity index (χ3v) is 6.53. The minimum Gasteiger partial charge on any atom is -0.502 e. The standard InChI is InChI=1S/C24H19Cl2N3O4.CH4/c25-17-9-8-16-20(15-6-2-1-3-7-15)29-14-27(11-4-5-13-33-23(16)19(17)26)24(32)21-22(31)18(30)10-12-28(21)29;/h1-10,12,20,31H,11,13-14H2;1H4/b5-4-;/t20-;/m1./s1. The highest BCUT2D eigenvalue weighted by Crippen LogP contribution is 2.43. The van der Waals surface area contributed by atoms with Crippen LogP contribution in [-0.2, 0) is 0 Å². The van der Waals surface area contributed by atoms with Crippen LogP contribution >= 0.6 is 23.2 Å². The van der Waals surface area contributed by atoms with Gasteiger partial charge >= 0.3 is 0 Å². The molecule has 7 nitrogen and oxygen atoms in total. The summed E-state index contributed by atoms with van der Waals surface area (Å²) in [5.41, 5.74) is 0.909. The summed E-state index contributed by atoms with van der Waals surface area (Å²) in [7, 11) is 0. The van der Waals surface area contributed by atoms with Crippen LogP contribution in [0.25, 0.3) is 0 Å². The van der Waals surface area contributed by atoms with Crippen LogP contribution < -0.4 is 15.2 Å². The molecule has 2 aromatic carbocycles. The van der Waals surface area contributed by atoms with Crippen molar-refractivity contribution in [2.24, 2.45) is 0 Å². The largest absolute Gasteiger partial charge is 0.502 e. The van der Waals surface area contributed by atoms with Gasteiger partial charge in [0.1, 0.15) is 30.1 Å². The molecule has 0 saturated heterocycles. The third kappa shape index (κ3) is 3.91. The number of halogens is 2. The zero-order valence-electron chi connectivity index (χ0n) is 17.3. The van der Waals surface area contributed by atoms with Crippen molar-refractivity contribution in [3.63, 3.8) is 0 Å². The van der Waals surface area contributed by atoms with Gasteiger partial charge in [0.15, 0.2) is 11.4 Å². The van der Waals surface area contributed by atoms with Gasteiger partial charge < -0.3 is 14.7 Å². The molecule has 1 atom stereocenters. The highest BCUT2D eigenvalue weighted by molar-refractivity contribution is 6.43. The Balaban J connectivity index is 0.00000274. The summed E-state index contributed by atoms with van der Waals surface area (Å²) in [4.78, 5) is 27.0. The molecule has 2 bridgehead atoms. The Morgan fingerprint density at radius 2 is 1.76 bits per heavy atom. The fourth-order valence-corrected chi connectivity index (χ4v) is 4.57. The normalized spacial score (nSPS) is 18.1. The molecule has 3 aromatic rings. The van der Waals surface area contributed by atoms with E-state index in [1.165, 1.54) is 16.9 Å². The van der Waals surface area contributed by atoms with Crippen LogP contribution in [0, 0.1) is 0 Å². The zero-order valence-corrected chi connectivity index (χ0v) is 18.8. The van der Waals surface area contributed by atoms with Crippen LogP contribution in [0.4, 0.5) is 0 Å². The lowest BCUT2D eigenvalue weighted by molar-refractivity contribution is 0.0701. The zero-order chi connectivity index (χ0) is 23.1. The van der Waals surface area contributed by atoms with Crippen molar-refractivity contribution >= 4 is 29.1 Å². The summed E-state index contributed by atoms with van der Waals surface area (Å²) in [5, 5.41) is 13.1. The van der Waals surface area contributed by atoms with Crippen LogP contribution in [0.5, 0.6) is 11.5 Å². The summed E-state index contributed by atoms with van der Waals surface area (Å²) in [5.74, 6) is -0.597. The van der Waals surface area contributed by atoms with Crippen molar-refractivity contribution in [3.8, 4) is 11.5 Å². The number of benzene rings is 2. The number of aromatic hydroxyl groups is 1. The minimum atomic E-state index is -0.619. The molecule has 2 aliphatic heterocycles. The topological polar surface area (TPSA) is 75.0 Å². The number of ether oxygens (including phenoxy) is 1. The second-order valence-electron chi connectivity index (χ2n) is 7.71. The molecule has 9 heteroatoms. The molecule has 0 aliphatic carbocycles. The van der Waals surface area contributed by atoms with E-state index < -0.39 is 23.1 Å². The molecule has 1 aromatic heterocycles. The number of aromatic nitrogens is 1. The second-order valence-corrected chi connectivity index (χ2v) is 8.49. The molecule has 2 aliphatic rings. The van der Waals surface area contributed by atoms with Crippen LogP contribution in [0.1, 0.15) is 35.1 Å². The van der Waals surface area contributed by atoms with Gasteiger partial charge in [0, 0.05) is 24.4 Å². The van der Waals surface area contributed by atoms with Gasteiger partial charge in [0.25, 0.3) is 5.91 Å². The average molecular weight is 500 g/mol. The van der Waals surface area contributed by atoms with Gasteiger partial charge in [0.05, 0.1) is 5.02 Å². The number of pyridine rings is 1. The lowest BCUT2D eigenvalue weighted by Gasteiger charge is -2.43. The molecule has 0 radical (unpaired) electrons. The first-order chi connectivity index (χ1) is 16.0. The van der Waals surface area contributed by atoms with Gasteiger partial charge in [-0.1, -0.05) is 73.1 Å². The SMILES string of the molecule is C.O=C1c2c(O)c(=O)ccn2N2CN1C/C=C\COc1c(ccc(Cl)c1Cl)[C@H]2c1ccccc1. The Hall–Kier alpha value is -3.42. The first-order valence-corrected chi connectivity index (χ1v) is 11.0. The predicted molar refractivity (Wildman–Crippen MR) is 133 cm³/mol. The predicted octanol–water partition coefficient (Wildman–Crippen LogP) is 4.59. The van der Waals surface area contributed by atoms with Crippen LogP contribution in [-0.4, -0.2) is 40.4 Å². The summed E-state index contributed by atoms with van der Waals surface area (Å²) in [6.45, 7) is 0.692. The van der Waals surface area contributed by atoms with Crippen molar-refractivity contribution in [1.82, 2.24) is 9.58 Å². The summed E-state index contributed by atoms with van der Waals surface area (Å²) < 4.78 is 7.58. The second kappa shape index (κ2) is 9.44. The van der Waals surface area contributed by atoms with Crippen molar-refractivity contribution in [3.05, 3.63) is 104 Å². The van der Waals surface area contributed by atoms with E-state index in [1.54, 1.807) is 23.1 Å². The number of hydrogen-bond acceptors (Lipinski definition) is 5. The highest BCUT2D eigenvalue weighted by Gasteiger charge is 2.37. The van der Waals surface area contributed by atoms with Crippen molar-refractivity contribution in [2.45, 2.75) is 13.5 Å². The quantitative estimate of drug-likeness (QED) is 0.495. The van der Waals surface area contributed by atoms with Gasteiger partial charge in [-0.25, -0.2) is 0 Å². The molecule has 5 rings (SSSR count). The van der Waals surface area contributed by atoms with Crippen molar-refractivity contribution in [2.75, 3.05) is 24.8 Å². The molecule has 0 saturated carbocycles. The number of fused-ring (bicyclic) bond motifs is 5. The van der Waals surface area contributed by atoms with Gasteiger partial charge in [-0.2, -0.15) is 0 Å². The van der Waals surface area contributed by atoms with Crippen LogP contribution in [0.2, 0.25) is 10.0 Å². The van der Waals surface area contributed by atoms with Gasteiger partial charge in [-0.05, 0) is 17.7 Å². The average Bonchev–Trinajstić information content (AvgIpc) is 2.85.